The summed E-state index contributed by atoms with van der Waals surface area (Å²) >= 11 is 3.53. The Morgan fingerprint density at radius 2 is 1.96 bits per heavy atom. The van der Waals surface area contributed by atoms with Gasteiger partial charge in [-0.2, -0.15) is 5.26 Å². The maximum Gasteiger partial charge on any atom is 0.134 e. The van der Waals surface area contributed by atoms with Crippen molar-refractivity contribution in [2.24, 2.45) is 0 Å². The van der Waals surface area contributed by atoms with E-state index in [0.717, 1.165) is 47.7 Å². The molecule has 0 radical (unpaired) electrons. The molecule has 1 aromatic heterocycles. The van der Waals surface area contributed by atoms with Crippen LogP contribution in [0.4, 0.5) is 17.3 Å². The number of nitriles is 1. The molecule has 6 nitrogen and oxygen atoms in total. The first-order valence-electron chi connectivity index (χ1n) is 8.66. The molecule has 1 fully saturated rings. The van der Waals surface area contributed by atoms with Crippen molar-refractivity contribution in [2.45, 2.75) is 18.9 Å². The van der Waals surface area contributed by atoms with Crippen molar-refractivity contribution in [2.75, 3.05) is 48.9 Å². The van der Waals surface area contributed by atoms with Crippen LogP contribution in [0.25, 0.3) is 0 Å². The normalized spacial score (nSPS) is 16.9. The van der Waals surface area contributed by atoms with Gasteiger partial charge in [-0.05, 0) is 31.0 Å². The Balaban J connectivity index is 1.82. The number of halogens is 1. The third kappa shape index (κ3) is 3.91. The minimum absolute atomic E-state index is 0.333. The summed E-state index contributed by atoms with van der Waals surface area (Å²) in [5, 5.41) is 9.45. The quantitative estimate of drug-likeness (QED) is 0.764. The van der Waals surface area contributed by atoms with Gasteiger partial charge in [-0.3, -0.25) is 0 Å². The number of likely N-dealkylation sites (N-methyl/N-ethyl adjacent to an activating group) is 1. The van der Waals surface area contributed by atoms with E-state index in [4.69, 9.17) is 0 Å². The van der Waals surface area contributed by atoms with Gasteiger partial charge in [0.1, 0.15) is 24.0 Å². The Morgan fingerprint density at radius 1 is 1.19 bits per heavy atom. The number of hydrogen-bond donors (Lipinski definition) is 0. The third-order valence-corrected chi connectivity index (χ3v) is 5.32. The van der Waals surface area contributed by atoms with Crippen molar-refractivity contribution < 1.29 is 0 Å². The summed E-state index contributed by atoms with van der Waals surface area (Å²) in [6.45, 7) is 1.82. The van der Waals surface area contributed by atoms with Crippen molar-refractivity contribution in [1.29, 1.82) is 5.26 Å². The molecule has 7 heteroatoms. The fraction of sp³-hybridized carbons (Fsp3) is 0.421. The van der Waals surface area contributed by atoms with Gasteiger partial charge in [-0.15, -0.1) is 0 Å². The zero-order valence-electron chi connectivity index (χ0n) is 15.4. The van der Waals surface area contributed by atoms with E-state index >= 15 is 0 Å². The third-order valence-electron chi connectivity index (χ3n) is 4.82. The highest BCUT2D eigenvalue weighted by Crippen LogP contribution is 2.29. The van der Waals surface area contributed by atoms with Crippen LogP contribution in [0, 0.1) is 11.3 Å². The maximum absolute atomic E-state index is 9.45. The van der Waals surface area contributed by atoms with Gasteiger partial charge in [0.25, 0.3) is 0 Å². The molecule has 1 aliphatic rings. The van der Waals surface area contributed by atoms with Crippen molar-refractivity contribution in [3.63, 3.8) is 0 Å². The minimum atomic E-state index is 0.333. The molecule has 1 aromatic carbocycles. The van der Waals surface area contributed by atoms with Crippen molar-refractivity contribution in [3.05, 3.63) is 40.6 Å². The first-order valence-corrected chi connectivity index (χ1v) is 9.45. The van der Waals surface area contributed by atoms with E-state index in [1.165, 1.54) is 0 Å². The Kier molecular flexibility index (Phi) is 5.62. The fourth-order valence-electron chi connectivity index (χ4n) is 3.31. The lowest BCUT2D eigenvalue weighted by molar-refractivity contribution is 0.485. The highest BCUT2D eigenvalue weighted by molar-refractivity contribution is 9.10. The molecule has 3 rings (SSSR count). The molecule has 26 heavy (non-hydrogen) atoms. The maximum atomic E-state index is 9.45. The SMILES string of the molecule is CN(C)c1cc(N(C)C2CCCN(c3cc(Br)ccc3C#N)C2)ncn1. The molecule has 1 saturated heterocycles. The molecule has 0 saturated carbocycles. The number of benzene rings is 1. The molecule has 0 N–H and O–H groups in total. The first kappa shape index (κ1) is 18.5. The smallest absolute Gasteiger partial charge is 0.134 e. The fourth-order valence-corrected chi connectivity index (χ4v) is 3.66. The van der Waals surface area contributed by atoms with Gasteiger partial charge in [0.15, 0.2) is 0 Å². The number of aromatic nitrogens is 2. The molecule has 1 unspecified atom stereocenters. The molecule has 1 aliphatic heterocycles. The summed E-state index contributed by atoms with van der Waals surface area (Å²) in [6.07, 6.45) is 3.80. The lowest BCUT2D eigenvalue weighted by Gasteiger charge is -2.39. The average molecular weight is 415 g/mol. The van der Waals surface area contributed by atoms with Crippen LogP contribution < -0.4 is 14.7 Å². The number of hydrogen-bond acceptors (Lipinski definition) is 6. The van der Waals surface area contributed by atoms with Crippen LogP contribution in [-0.4, -0.2) is 50.2 Å². The van der Waals surface area contributed by atoms with E-state index in [2.05, 4.69) is 48.8 Å². The molecule has 0 spiro atoms. The van der Waals surface area contributed by atoms with Crippen molar-refractivity contribution in [3.8, 4) is 6.07 Å². The Hall–Kier alpha value is -2.33. The summed E-state index contributed by atoms with van der Waals surface area (Å²) in [5.74, 6) is 1.82. The summed E-state index contributed by atoms with van der Waals surface area (Å²) in [5.41, 5.74) is 1.71. The Bertz CT molecular complexity index is 816. The molecular weight excluding hydrogens is 392 g/mol. The second-order valence-electron chi connectivity index (χ2n) is 6.76. The van der Waals surface area contributed by atoms with Crippen LogP contribution in [0.15, 0.2) is 35.1 Å². The van der Waals surface area contributed by atoms with Crippen LogP contribution in [0.2, 0.25) is 0 Å². The average Bonchev–Trinajstić information content (AvgIpc) is 2.67. The van der Waals surface area contributed by atoms with Crippen LogP contribution in [-0.2, 0) is 0 Å². The summed E-state index contributed by atoms with van der Waals surface area (Å²) in [4.78, 5) is 15.3. The molecule has 2 aromatic rings. The van der Waals surface area contributed by atoms with Gasteiger partial charge < -0.3 is 14.7 Å². The lowest BCUT2D eigenvalue weighted by Crippen LogP contribution is -2.47. The summed E-state index contributed by atoms with van der Waals surface area (Å²) < 4.78 is 0.994. The van der Waals surface area contributed by atoms with Gasteiger partial charge in [0.05, 0.1) is 11.3 Å². The van der Waals surface area contributed by atoms with E-state index in [1.54, 1.807) is 6.33 Å². The van der Waals surface area contributed by atoms with Crippen molar-refractivity contribution >= 4 is 33.3 Å². The van der Waals surface area contributed by atoms with E-state index in [9.17, 15) is 5.26 Å². The highest BCUT2D eigenvalue weighted by atomic mass is 79.9. The first-order chi connectivity index (χ1) is 12.5. The molecule has 0 bridgehead atoms. The van der Waals surface area contributed by atoms with Gasteiger partial charge in [-0.25, -0.2) is 9.97 Å². The number of nitrogens with zero attached hydrogens (tertiary/aromatic N) is 6. The minimum Gasteiger partial charge on any atom is -0.368 e. The number of piperidine rings is 1. The highest BCUT2D eigenvalue weighted by Gasteiger charge is 2.26. The van der Waals surface area contributed by atoms with Crippen LogP contribution in [0.5, 0.6) is 0 Å². The predicted octanol–water partition coefficient (Wildman–Crippen LogP) is 3.28. The molecule has 0 amide bonds. The second kappa shape index (κ2) is 7.92. The van der Waals surface area contributed by atoms with Gasteiger partial charge in [0, 0.05) is 50.8 Å². The second-order valence-corrected chi connectivity index (χ2v) is 7.67. The lowest BCUT2D eigenvalue weighted by atomic mass is 10.0. The van der Waals surface area contributed by atoms with Crippen LogP contribution in [0.1, 0.15) is 18.4 Å². The molecule has 0 aliphatic carbocycles. The van der Waals surface area contributed by atoms with Gasteiger partial charge in [-0.1, -0.05) is 15.9 Å². The topological polar surface area (TPSA) is 59.3 Å². The van der Waals surface area contributed by atoms with Crippen molar-refractivity contribution in [1.82, 2.24) is 9.97 Å². The zero-order chi connectivity index (χ0) is 18.7. The standard InChI is InChI=1S/C19H23BrN6/c1-24(2)18-10-19(23-13-22-18)25(3)16-5-4-8-26(12-16)17-9-15(20)7-6-14(17)11-21/h6-7,9-10,13,16H,4-5,8,12H2,1-3H3. The summed E-state index contributed by atoms with van der Waals surface area (Å²) in [6, 6.07) is 10.5. The van der Waals surface area contributed by atoms with E-state index in [1.807, 2.05) is 43.3 Å². The van der Waals surface area contributed by atoms with E-state index in [0.29, 0.717) is 11.6 Å². The molecule has 1 atom stereocenters. The summed E-state index contributed by atoms with van der Waals surface area (Å²) in [7, 11) is 6.04. The molecule has 2 heterocycles. The number of rotatable bonds is 4. The van der Waals surface area contributed by atoms with Crippen LogP contribution >= 0.6 is 15.9 Å². The van der Waals surface area contributed by atoms with E-state index < -0.39 is 0 Å². The molecular formula is C19H23BrN6. The Morgan fingerprint density at radius 3 is 2.69 bits per heavy atom. The monoisotopic (exact) mass is 414 g/mol. The van der Waals surface area contributed by atoms with E-state index in [-0.39, 0.29) is 0 Å². The predicted molar refractivity (Wildman–Crippen MR) is 109 cm³/mol. The zero-order valence-corrected chi connectivity index (χ0v) is 16.9. The van der Waals surface area contributed by atoms with Gasteiger partial charge in [0.2, 0.25) is 0 Å². The van der Waals surface area contributed by atoms with Crippen LogP contribution in [0.3, 0.4) is 0 Å². The molecule has 136 valence electrons. The van der Waals surface area contributed by atoms with Gasteiger partial charge >= 0.3 is 0 Å². The number of anilines is 3. The largest absolute Gasteiger partial charge is 0.368 e. The Labute approximate surface area is 163 Å².